The van der Waals surface area contributed by atoms with Gasteiger partial charge in [-0.1, -0.05) is 30.3 Å². The third-order valence-electron chi connectivity index (χ3n) is 2.41. The summed E-state index contributed by atoms with van der Waals surface area (Å²) in [4.78, 5) is 22.6. The summed E-state index contributed by atoms with van der Waals surface area (Å²) in [5.74, 6) is -0.686. The Hall–Kier alpha value is -1.95. The van der Waals surface area contributed by atoms with E-state index >= 15 is 0 Å². The van der Waals surface area contributed by atoms with Gasteiger partial charge in [-0.3, -0.25) is 9.59 Å². The molecule has 0 radical (unpaired) electrons. The van der Waals surface area contributed by atoms with Gasteiger partial charge in [0.1, 0.15) is 0 Å². The third-order valence-corrected chi connectivity index (χ3v) is 2.66. The molecule has 0 heterocycles. The predicted molar refractivity (Wildman–Crippen MR) is 79.9 cm³/mol. The normalized spacial score (nSPS) is 9.65. The van der Waals surface area contributed by atoms with E-state index in [4.69, 9.17) is 17.0 Å². The van der Waals surface area contributed by atoms with Gasteiger partial charge in [0.25, 0.3) is 0 Å². The number of nitrogens with one attached hydrogen (secondary N) is 2. The predicted octanol–water partition coefficient (Wildman–Crippen LogP) is 1.52. The molecule has 1 aromatic rings. The fourth-order valence-electron chi connectivity index (χ4n) is 1.46. The maximum atomic E-state index is 11.5. The van der Waals surface area contributed by atoms with Crippen LogP contribution in [0.25, 0.3) is 0 Å². The van der Waals surface area contributed by atoms with Gasteiger partial charge in [0.2, 0.25) is 5.91 Å². The van der Waals surface area contributed by atoms with Crippen LogP contribution in [0.3, 0.4) is 0 Å². The van der Waals surface area contributed by atoms with E-state index in [1.54, 1.807) is 6.92 Å². The van der Waals surface area contributed by atoms with Gasteiger partial charge in [-0.25, -0.2) is 0 Å². The number of carbonyl (C=O) groups is 2. The molecular weight excluding hydrogens is 276 g/mol. The maximum absolute atomic E-state index is 11.5. The van der Waals surface area contributed by atoms with Crippen LogP contribution >= 0.6 is 12.2 Å². The molecule has 0 aliphatic rings. The topological polar surface area (TPSA) is 67.4 Å². The van der Waals surface area contributed by atoms with Crippen molar-refractivity contribution in [3.8, 4) is 0 Å². The second kappa shape index (κ2) is 9.03. The van der Waals surface area contributed by atoms with Crippen LogP contribution in [0.5, 0.6) is 0 Å². The number of hydrogen-bond donors (Lipinski definition) is 2. The summed E-state index contributed by atoms with van der Waals surface area (Å²) in [6, 6.07) is 9.70. The Balaban J connectivity index is 2.21. The van der Waals surface area contributed by atoms with Crippen molar-refractivity contribution in [1.82, 2.24) is 10.6 Å². The lowest BCUT2D eigenvalue weighted by Crippen LogP contribution is -2.38. The van der Waals surface area contributed by atoms with Gasteiger partial charge in [0.05, 0.1) is 13.0 Å². The molecule has 2 N–H and O–H groups in total. The lowest BCUT2D eigenvalue weighted by atomic mass is 10.2. The molecule has 1 rings (SSSR count). The Bertz CT molecular complexity index is 463. The van der Waals surface area contributed by atoms with Crippen LogP contribution in [0, 0.1) is 0 Å². The fourth-order valence-corrected chi connectivity index (χ4v) is 1.65. The monoisotopic (exact) mass is 294 g/mol. The molecule has 20 heavy (non-hydrogen) atoms. The number of amides is 1. The molecule has 0 atom stereocenters. The first-order chi connectivity index (χ1) is 9.61. The molecule has 6 heteroatoms. The number of rotatable bonds is 6. The second-order valence-corrected chi connectivity index (χ2v) is 4.43. The molecular formula is C14H18N2O3S. The molecule has 0 aliphatic heterocycles. The minimum atomic E-state index is -0.384. The summed E-state index contributed by atoms with van der Waals surface area (Å²) in [6.45, 7) is 2.58. The molecule has 0 aliphatic carbocycles. The van der Waals surface area contributed by atoms with Gasteiger partial charge in [-0.15, -0.1) is 0 Å². The first-order valence-corrected chi connectivity index (χ1v) is 6.80. The van der Waals surface area contributed by atoms with Crippen molar-refractivity contribution in [1.29, 1.82) is 0 Å². The van der Waals surface area contributed by atoms with Crippen LogP contribution < -0.4 is 10.6 Å². The Morgan fingerprint density at radius 1 is 1.20 bits per heavy atom. The number of carbonyl (C=O) groups excluding carboxylic acids is 2. The molecule has 1 aromatic carbocycles. The number of benzene rings is 1. The van der Waals surface area contributed by atoms with Gasteiger partial charge in [-0.05, 0) is 24.7 Å². The van der Waals surface area contributed by atoms with Crippen LogP contribution in [0.1, 0.15) is 25.3 Å². The van der Waals surface area contributed by atoms with Gasteiger partial charge in [-0.2, -0.15) is 0 Å². The average Bonchev–Trinajstić information content (AvgIpc) is 2.44. The first-order valence-electron chi connectivity index (χ1n) is 6.39. The standard InChI is InChI=1S/C14H18N2O3S/c1-2-19-13(18)9-8-12(17)16-14(20)15-10-11-6-4-3-5-7-11/h3-7H,2,8-10H2,1H3,(H2,15,16,17,20). The van der Waals surface area contributed by atoms with E-state index in [0.29, 0.717) is 13.2 Å². The Morgan fingerprint density at radius 2 is 1.90 bits per heavy atom. The van der Waals surface area contributed by atoms with Crippen LogP contribution in [0.2, 0.25) is 0 Å². The first kappa shape index (κ1) is 16.1. The van der Waals surface area contributed by atoms with E-state index in [2.05, 4.69) is 10.6 Å². The van der Waals surface area contributed by atoms with E-state index in [-0.39, 0.29) is 29.8 Å². The number of esters is 1. The second-order valence-electron chi connectivity index (χ2n) is 4.02. The quantitative estimate of drug-likeness (QED) is 0.615. The van der Waals surface area contributed by atoms with Gasteiger partial charge >= 0.3 is 5.97 Å². The number of thiocarbonyl (C=S) groups is 1. The molecule has 108 valence electrons. The smallest absolute Gasteiger partial charge is 0.306 e. The van der Waals surface area contributed by atoms with Gasteiger partial charge < -0.3 is 15.4 Å². The van der Waals surface area contributed by atoms with Crippen molar-refractivity contribution in [3.63, 3.8) is 0 Å². The summed E-state index contributed by atoms with van der Waals surface area (Å²) in [6.07, 6.45) is 0.118. The molecule has 5 nitrogen and oxygen atoms in total. The zero-order valence-corrected chi connectivity index (χ0v) is 12.2. The van der Waals surface area contributed by atoms with Crippen molar-refractivity contribution >= 4 is 29.2 Å². The average molecular weight is 294 g/mol. The van der Waals surface area contributed by atoms with Gasteiger partial charge in [0.15, 0.2) is 5.11 Å². The highest BCUT2D eigenvalue weighted by atomic mass is 32.1. The SMILES string of the molecule is CCOC(=O)CCC(=O)NC(=S)NCc1ccccc1. The molecule has 1 amide bonds. The largest absolute Gasteiger partial charge is 0.466 e. The summed E-state index contributed by atoms with van der Waals surface area (Å²) in [5, 5.41) is 5.70. The number of hydrogen-bond acceptors (Lipinski definition) is 4. The Labute approximate surface area is 123 Å². The molecule has 0 spiro atoms. The van der Waals surface area contributed by atoms with Gasteiger partial charge in [0, 0.05) is 13.0 Å². The summed E-state index contributed by atoms with van der Waals surface area (Å²) in [7, 11) is 0. The molecule has 0 saturated carbocycles. The summed E-state index contributed by atoms with van der Waals surface area (Å²) < 4.78 is 4.74. The summed E-state index contributed by atoms with van der Waals surface area (Å²) >= 11 is 5.00. The maximum Gasteiger partial charge on any atom is 0.306 e. The van der Waals surface area contributed by atoms with E-state index in [1.165, 1.54) is 0 Å². The van der Waals surface area contributed by atoms with E-state index in [1.807, 2.05) is 30.3 Å². The van der Waals surface area contributed by atoms with Crippen LogP contribution in [-0.4, -0.2) is 23.6 Å². The lowest BCUT2D eigenvalue weighted by molar-refractivity contribution is -0.144. The van der Waals surface area contributed by atoms with Crippen LogP contribution in [0.4, 0.5) is 0 Å². The highest BCUT2D eigenvalue weighted by Crippen LogP contribution is 1.97. The minimum Gasteiger partial charge on any atom is -0.466 e. The molecule has 0 unspecified atom stereocenters. The Kier molecular flexibility index (Phi) is 7.27. The van der Waals surface area contributed by atoms with Crippen LogP contribution in [0.15, 0.2) is 30.3 Å². The van der Waals surface area contributed by atoms with Crippen molar-refractivity contribution in [2.75, 3.05) is 6.61 Å². The minimum absolute atomic E-state index is 0.0565. The molecule has 0 saturated heterocycles. The van der Waals surface area contributed by atoms with E-state index in [9.17, 15) is 9.59 Å². The molecule has 0 fully saturated rings. The highest BCUT2D eigenvalue weighted by Gasteiger charge is 2.08. The summed E-state index contributed by atoms with van der Waals surface area (Å²) in [5.41, 5.74) is 1.07. The van der Waals surface area contributed by atoms with Crippen molar-refractivity contribution in [2.45, 2.75) is 26.3 Å². The van der Waals surface area contributed by atoms with Crippen molar-refractivity contribution in [2.24, 2.45) is 0 Å². The molecule has 0 aromatic heterocycles. The van der Waals surface area contributed by atoms with Crippen molar-refractivity contribution < 1.29 is 14.3 Å². The zero-order chi connectivity index (χ0) is 14.8. The van der Waals surface area contributed by atoms with Crippen LogP contribution in [-0.2, 0) is 20.9 Å². The number of ether oxygens (including phenoxy) is 1. The zero-order valence-electron chi connectivity index (χ0n) is 11.3. The highest BCUT2D eigenvalue weighted by molar-refractivity contribution is 7.80. The Morgan fingerprint density at radius 3 is 2.55 bits per heavy atom. The third kappa shape index (κ3) is 6.84. The molecule has 0 bridgehead atoms. The van der Waals surface area contributed by atoms with Crippen molar-refractivity contribution in [3.05, 3.63) is 35.9 Å². The van der Waals surface area contributed by atoms with E-state index < -0.39 is 0 Å². The lowest BCUT2D eigenvalue weighted by Gasteiger charge is -2.09. The fraction of sp³-hybridized carbons (Fsp3) is 0.357. The van der Waals surface area contributed by atoms with E-state index in [0.717, 1.165) is 5.56 Å².